The molecule has 0 atom stereocenters. The minimum absolute atomic E-state index is 0.262. The number of methoxy groups -OCH3 is 1. The van der Waals surface area contributed by atoms with E-state index in [0.29, 0.717) is 18.4 Å². The van der Waals surface area contributed by atoms with Gasteiger partial charge in [-0.3, -0.25) is 4.90 Å². The average molecular weight is 380 g/mol. The molecule has 0 unspecified atom stereocenters. The Bertz CT molecular complexity index is 622. The molecule has 26 heavy (non-hydrogen) atoms. The smallest absolute Gasteiger partial charge is 0.339 e. The average Bonchev–Trinajstić information content (AvgIpc) is 2.92. The molecule has 0 bridgehead atoms. The number of rotatable bonds is 7. The molecule has 0 radical (unpaired) electrons. The van der Waals surface area contributed by atoms with Crippen LogP contribution in [0.2, 0.25) is 0 Å². The number of hydrogen-bond donors (Lipinski definition) is 0. The fourth-order valence-electron chi connectivity index (χ4n) is 3.83. The van der Waals surface area contributed by atoms with Crippen molar-refractivity contribution in [1.29, 1.82) is 0 Å². The van der Waals surface area contributed by atoms with Gasteiger partial charge in [-0.05, 0) is 84.4 Å². The van der Waals surface area contributed by atoms with Crippen LogP contribution in [0.25, 0.3) is 0 Å². The predicted molar refractivity (Wildman–Crippen MR) is 107 cm³/mol. The molecule has 1 saturated heterocycles. The van der Waals surface area contributed by atoms with Gasteiger partial charge in [-0.2, -0.15) is 0 Å². The summed E-state index contributed by atoms with van der Waals surface area (Å²) in [6, 6.07) is 0. The Labute approximate surface area is 161 Å². The summed E-state index contributed by atoms with van der Waals surface area (Å²) in [6.07, 6.45) is 6.69. The summed E-state index contributed by atoms with van der Waals surface area (Å²) in [7, 11) is 1.42. The van der Waals surface area contributed by atoms with Gasteiger partial charge in [-0.25, -0.2) is 4.79 Å². The minimum atomic E-state index is -0.274. The molecule has 5 heteroatoms. The first-order valence-corrected chi connectivity index (χ1v) is 10.5. The van der Waals surface area contributed by atoms with Crippen LogP contribution in [0.4, 0.5) is 0 Å². The van der Waals surface area contributed by atoms with Gasteiger partial charge in [-0.1, -0.05) is 0 Å². The van der Waals surface area contributed by atoms with Crippen molar-refractivity contribution in [3.63, 3.8) is 0 Å². The van der Waals surface area contributed by atoms with Gasteiger partial charge >= 0.3 is 5.97 Å². The maximum Gasteiger partial charge on any atom is 0.339 e. The fourth-order valence-corrected chi connectivity index (χ4v) is 5.16. The quantitative estimate of drug-likeness (QED) is 0.520. The van der Waals surface area contributed by atoms with Crippen LogP contribution in [-0.2, 0) is 22.4 Å². The van der Waals surface area contributed by atoms with Gasteiger partial charge in [0.25, 0.3) is 0 Å². The number of esters is 1. The molecule has 1 aromatic rings. The van der Waals surface area contributed by atoms with Gasteiger partial charge in [0.15, 0.2) is 0 Å². The molecule has 2 rings (SSSR count). The molecule has 0 N–H and O–H groups in total. The molecule has 1 aliphatic heterocycles. The van der Waals surface area contributed by atoms with Crippen molar-refractivity contribution in [3.05, 3.63) is 20.9 Å². The zero-order valence-corrected chi connectivity index (χ0v) is 17.7. The topological polar surface area (TPSA) is 46.6 Å². The predicted octanol–water partition coefficient (Wildman–Crippen LogP) is 4.42. The Hall–Kier alpha value is -1.20. The second-order valence-electron chi connectivity index (χ2n) is 8.29. The molecule has 146 valence electrons. The molecule has 1 fully saturated rings. The standard InChI is InChI=1S/C21H33NO3S/c1-15-17(26-18(7-6-14-23)19(15)20(24)25-5)9-8-16-10-12-22(13-11-16)21(2,3)4/h14,16H,6-13H2,1-5H3. The van der Waals surface area contributed by atoms with E-state index in [0.717, 1.165) is 29.1 Å². The summed E-state index contributed by atoms with van der Waals surface area (Å²) < 4.78 is 4.96. The van der Waals surface area contributed by atoms with Crippen LogP contribution in [0.1, 0.15) is 72.1 Å². The highest BCUT2D eigenvalue weighted by Crippen LogP contribution is 2.33. The fraction of sp³-hybridized carbons (Fsp3) is 0.714. The van der Waals surface area contributed by atoms with Crippen LogP contribution >= 0.6 is 11.3 Å². The maximum atomic E-state index is 12.2. The largest absolute Gasteiger partial charge is 0.465 e. The summed E-state index contributed by atoms with van der Waals surface area (Å²) in [5.74, 6) is 0.486. The monoisotopic (exact) mass is 379 g/mol. The number of nitrogens with zero attached hydrogens (tertiary/aromatic N) is 1. The number of carbonyl (C=O) groups is 2. The number of likely N-dealkylation sites (tertiary alicyclic amines) is 1. The Morgan fingerprint density at radius 3 is 2.42 bits per heavy atom. The van der Waals surface area contributed by atoms with Crippen LogP contribution < -0.4 is 0 Å². The molecule has 0 aromatic carbocycles. The number of piperidine rings is 1. The minimum Gasteiger partial charge on any atom is -0.465 e. The van der Waals surface area contributed by atoms with E-state index in [1.165, 1.54) is 44.3 Å². The van der Waals surface area contributed by atoms with E-state index in [2.05, 4.69) is 25.7 Å². The van der Waals surface area contributed by atoms with E-state index in [-0.39, 0.29) is 11.5 Å². The third kappa shape index (κ3) is 5.17. The van der Waals surface area contributed by atoms with Crippen LogP contribution in [-0.4, -0.2) is 42.9 Å². The Kier molecular flexibility index (Phi) is 7.42. The van der Waals surface area contributed by atoms with Gasteiger partial charge in [0.2, 0.25) is 0 Å². The van der Waals surface area contributed by atoms with E-state index in [9.17, 15) is 9.59 Å². The van der Waals surface area contributed by atoms with Crippen molar-refractivity contribution in [3.8, 4) is 0 Å². The van der Waals surface area contributed by atoms with Crippen molar-refractivity contribution >= 4 is 23.6 Å². The number of hydrogen-bond acceptors (Lipinski definition) is 5. The molecule has 2 heterocycles. The lowest BCUT2D eigenvalue weighted by Gasteiger charge is -2.41. The second kappa shape index (κ2) is 9.14. The molecule has 4 nitrogen and oxygen atoms in total. The molecular formula is C21H33NO3S. The highest BCUT2D eigenvalue weighted by molar-refractivity contribution is 7.12. The summed E-state index contributed by atoms with van der Waals surface area (Å²) >= 11 is 1.69. The lowest BCUT2D eigenvalue weighted by atomic mass is 9.89. The summed E-state index contributed by atoms with van der Waals surface area (Å²) in [5, 5.41) is 0. The first-order chi connectivity index (χ1) is 12.3. The molecule has 1 aliphatic rings. The van der Waals surface area contributed by atoms with Gasteiger partial charge < -0.3 is 9.53 Å². The van der Waals surface area contributed by atoms with Crippen LogP contribution in [0.3, 0.4) is 0 Å². The normalized spacial score (nSPS) is 16.7. The SMILES string of the molecule is COC(=O)c1c(CCC=O)sc(CCC2CCN(C(C)(C)C)CC2)c1C. The number of aldehydes is 1. The van der Waals surface area contributed by atoms with Crippen molar-refractivity contribution in [2.45, 2.75) is 71.8 Å². The van der Waals surface area contributed by atoms with Crippen molar-refractivity contribution in [2.75, 3.05) is 20.2 Å². The molecular weight excluding hydrogens is 346 g/mol. The molecule has 0 saturated carbocycles. The molecule has 0 amide bonds. The third-order valence-corrected chi connectivity index (χ3v) is 6.95. The lowest BCUT2D eigenvalue weighted by molar-refractivity contribution is -0.107. The molecule has 0 spiro atoms. The van der Waals surface area contributed by atoms with E-state index < -0.39 is 0 Å². The number of aryl methyl sites for hydroxylation is 2. The van der Waals surface area contributed by atoms with Crippen LogP contribution in [0.15, 0.2) is 0 Å². The summed E-state index contributed by atoms with van der Waals surface area (Å²) in [5.41, 5.74) is 2.00. The zero-order chi connectivity index (χ0) is 19.3. The van der Waals surface area contributed by atoms with E-state index >= 15 is 0 Å². The number of thiophene rings is 1. The van der Waals surface area contributed by atoms with E-state index in [4.69, 9.17) is 4.74 Å². The molecule has 0 aliphatic carbocycles. The molecule has 1 aromatic heterocycles. The lowest BCUT2D eigenvalue weighted by Crippen LogP contribution is -2.46. The Morgan fingerprint density at radius 2 is 1.88 bits per heavy atom. The third-order valence-electron chi connectivity index (χ3n) is 5.54. The van der Waals surface area contributed by atoms with Gasteiger partial charge in [-0.15, -0.1) is 11.3 Å². The van der Waals surface area contributed by atoms with Gasteiger partial charge in [0.1, 0.15) is 6.29 Å². The van der Waals surface area contributed by atoms with Crippen molar-refractivity contribution in [1.82, 2.24) is 4.90 Å². The highest BCUT2D eigenvalue weighted by Gasteiger charge is 2.27. The Balaban J connectivity index is 2.00. The first-order valence-electron chi connectivity index (χ1n) is 9.66. The summed E-state index contributed by atoms with van der Waals surface area (Å²) in [4.78, 5) is 27.7. The summed E-state index contributed by atoms with van der Waals surface area (Å²) in [6.45, 7) is 11.2. The zero-order valence-electron chi connectivity index (χ0n) is 16.9. The Morgan fingerprint density at radius 1 is 1.23 bits per heavy atom. The number of ether oxygens (including phenoxy) is 1. The van der Waals surface area contributed by atoms with Gasteiger partial charge in [0, 0.05) is 21.7 Å². The highest BCUT2D eigenvalue weighted by atomic mass is 32.1. The van der Waals surface area contributed by atoms with Crippen molar-refractivity contribution < 1.29 is 14.3 Å². The second-order valence-corrected chi connectivity index (χ2v) is 9.47. The van der Waals surface area contributed by atoms with Crippen molar-refractivity contribution in [2.24, 2.45) is 5.92 Å². The van der Waals surface area contributed by atoms with Crippen LogP contribution in [0.5, 0.6) is 0 Å². The van der Waals surface area contributed by atoms with E-state index in [1.54, 1.807) is 11.3 Å². The first kappa shape index (κ1) is 21.1. The van der Waals surface area contributed by atoms with E-state index in [1.807, 2.05) is 6.92 Å². The van der Waals surface area contributed by atoms with Crippen LogP contribution in [0, 0.1) is 12.8 Å². The number of carbonyl (C=O) groups excluding carboxylic acids is 2. The van der Waals surface area contributed by atoms with Gasteiger partial charge in [0.05, 0.1) is 12.7 Å². The maximum absolute atomic E-state index is 12.2.